The Bertz CT molecular complexity index is 439. The minimum Gasteiger partial charge on any atom is -0.416 e. The van der Waals surface area contributed by atoms with Crippen LogP contribution in [0.4, 0.5) is 0 Å². The van der Waals surface area contributed by atoms with Gasteiger partial charge in [-0.2, -0.15) is 0 Å². The molecule has 0 bridgehead atoms. The molecule has 0 aliphatic heterocycles. The summed E-state index contributed by atoms with van der Waals surface area (Å²) in [6.45, 7) is 34.8. The molecule has 0 aromatic rings. The molecule has 0 radical (unpaired) electrons. The third kappa shape index (κ3) is 21.1. The van der Waals surface area contributed by atoms with Gasteiger partial charge in [0.2, 0.25) is 0 Å². The Kier molecular flexibility index (Phi) is 32.5. The molecule has 0 atom stereocenters. The van der Waals surface area contributed by atoms with Gasteiger partial charge in [-0.15, -0.1) is 0 Å². The molecule has 0 N–H and O–H groups in total. The molecule has 0 rings (SSSR count). The molecule has 0 amide bonds. The molecule has 0 saturated carbocycles. The molecule has 0 aliphatic carbocycles. The SMILES string of the molecule is CC.CC.CC.CCC[Si](C)(C)O[Si](CC[Si](C)(C)O[Si](O[SiH2]C)(O[SiH2]C)O[SiH2]C)(OCC)OCC. The van der Waals surface area contributed by atoms with Crippen molar-refractivity contribution in [2.75, 3.05) is 13.2 Å². The highest BCUT2D eigenvalue weighted by molar-refractivity contribution is 6.84. The smallest absolute Gasteiger partial charge is 0.416 e. The van der Waals surface area contributed by atoms with Crippen molar-refractivity contribution in [1.82, 2.24) is 0 Å². The van der Waals surface area contributed by atoms with Crippen LogP contribution in [0.5, 0.6) is 0 Å². The van der Waals surface area contributed by atoms with Gasteiger partial charge in [-0.25, -0.2) is 0 Å². The zero-order valence-electron chi connectivity index (χ0n) is 27.2. The zero-order chi connectivity index (χ0) is 29.3. The molecule has 36 heavy (non-hydrogen) atoms. The maximum absolute atomic E-state index is 6.75. The molecule has 0 aliphatic rings. The molecule has 7 nitrogen and oxygen atoms in total. The summed E-state index contributed by atoms with van der Waals surface area (Å²) in [5.41, 5.74) is 0. The van der Waals surface area contributed by atoms with Crippen molar-refractivity contribution in [3.05, 3.63) is 0 Å². The Morgan fingerprint density at radius 3 is 1.19 bits per heavy atom. The van der Waals surface area contributed by atoms with E-state index in [9.17, 15) is 0 Å². The first kappa shape index (κ1) is 44.3. The van der Waals surface area contributed by atoms with E-state index in [1.54, 1.807) is 0 Å². The number of hydrogen-bond acceptors (Lipinski definition) is 7. The van der Waals surface area contributed by atoms with Crippen LogP contribution in [0.1, 0.15) is 68.7 Å². The Labute approximate surface area is 238 Å². The Balaban J connectivity index is -0.000000787. The van der Waals surface area contributed by atoms with E-state index in [2.05, 4.69) is 52.8 Å². The van der Waals surface area contributed by atoms with Crippen LogP contribution in [-0.2, 0) is 29.4 Å². The Morgan fingerprint density at radius 2 is 0.889 bits per heavy atom. The van der Waals surface area contributed by atoms with Crippen LogP contribution in [0, 0.1) is 0 Å². The fourth-order valence-electron chi connectivity index (χ4n) is 3.40. The molecule has 0 saturated heterocycles. The van der Waals surface area contributed by atoms with Gasteiger partial charge in [0.05, 0.1) is 0 Å². The van der Waals surface area contributed by atoms with Crippen molar-refractivity contribution >= 4 is 63.8 Å². The van der Waals surface area contributed by atoms with Crippen LogP contribution in [-0.4, -0.2) is 77.0 Å². The second kappa shape index (κ2) is 26.5. The molecule has 0 aromatic carbocycles. The van der Waals surface area contributed by atoms with E-state index in [4.69, 9.17) is 29.4 Å². The largest absolute Gasteiger partial charge is 0.635 e. The van der Waals surface area contributed by atoms with Gasteiger partial charge in [-0.05, 0) is 52.1 Å². The van der Waals surface area contributed by atoms with E-state index in [0.29, 0.717) is 13.2 Å². The van der Waals surface area contributed by atoms with E-state index in [-0.39, 0.29) is 0 Å². The third-order valence-electron chi connectivity index (χ3n) is 4.41. The average molecular weight is 639 g/mol. The molecule has 0 fully saturated rings. The molecule has 0 heterocycles. The highest BCUT2D eigenvalue weighted by atomic mass is 28.5. The molecule has 0 spiro atoms. The maximum Gasteiger partial charge on any atom is 0.635 e. The molecule has 0 unspecified atom stereocenters. The Hall–Kier alpha value is 1.24. The third-order valence-corrected chi connectivity index (χ3v) is 24.8. The fourth-order valence-corrected chi connectivity index (χ4v) is 27.0. The second-order valence-corrected chi connectivity index (χ2v) is 26.6. The van der Waals surface area contributed by atoms with Gasteiger partial charge in [0.25, 0.3) is 0 Å². The molecule has 0 aromatic heterocycles. The second-order valence-electron chi connectivity index (χ2n) is 8.32. The standard InChI is InChI=1S/C16H48O7Si7.3C2H6/c1-11-14-27(7,8)22-29(17-12-2,18-13-3)16-15-28(9,10)23-30(19-24-4,20-25-5)21-26-6;3*1-2/h11-16,24-26H2,1-10H3;3*1-2H3. The maximum atomic E-state index is 6.75. The van der Waals surface area contributed by atoms with Crippen LogP contribution in [0.2, 0.25) is 64.0 Å². The van der Waals surface area contributed by atoms with Crippen molar-refractivity contribution in [3.8, 4) is 0 Å². The Morgan fingerprint density at radius 1 is 0.528 bits per heavy atom. The predicted octanol–water partition coefficient (Wildman–Crippen LogP) is 5.81. The first-order chi connectivity index (χ1) is 17.0. The predicted molar refractivity (Wildman–Crippen MR) is 177 cm³/mol. The molecular formula is C22H66O7Si7. The van der Waals surface area contributed by atoms with Crippen molar-refractivity contribution in [1.29, 1.82) is 0 Å². The van der Waals surface area contributed by atoms with Crippen LogP contribution >= 0.6 is 0 Å². The van der Waals surface area contributed by atoms with Crippen molar-refractivity contribution in [3.63, 3.8) is 0 Å². The summed E-state index contributed by atoms with van der Waals surface area (Å²) in [5, 5.41) is 0. The molecule has 14 heteroatoms. The van der Waals surface area contributed by atoms with Gasteiger partial charge in [0, 0.05) is 19.3 Å². The van der Waals surface area contributed by atoms with Crippen LogP contribution in [0.25, 0.3) is 0 Å². The van der Waals surface area contributed by atoms with E-state index in [0.717, 1.165) is 24.6 Å². The van der Waals surface area contributed by atoms with Gasteiger partial charge < -0.3 is 29.4 Å². The lowest BCUT2D eigenvalue weighted by atomic mass is 10.6. The first-order valence-electron chi connectivity index (χ1n) is 14.6. The topological polar surface area (TPSA) is 64.6 Å². The average Bonchev–Trinajstić information content (AvgIpc) is 2.82. The monoisotopic (exact) mass is 638 g/mol. The lowest BCUT2D eigenvalue weighted by Gasteiger charge is -2.39. The quantitative estimate of drug-likeness (QED) is 0.165. The first-order valence-corrected chi connectivity index (χ1v) is 30.4. The highest BCUT2D eigenvalue weighted by Crippen LogP contribution is 2.31. The van der Waals surface area contributed by atoms with Gasteiger partial charge in [0.15, 0.2) is 45.9 Å². The van der Waals surface area contributed by atoms with Crippen molar-refractivity contribution < 1.29 is 29.4 Å². The van der Waals surface area contributed by atoms with Gasteiger partial charge in [-0.1, -0.05) is 74.5 Å². The zero-order valence-corrected chi connectivity index (χ0v) is 35.5. The molecule has 224 valence electrons. The van der Waals surface area contributed by atoms with E-state index >= 15 is 0 Å². The minimum atomic E-state index is -2.98. The van der Waals surface area contributed by atoms with Crippen LogP contribution in [0.15, 0.2) is 0 Å². The van der Waals surface area contributed by atoms with E-state index in [1.807, 2.05) is 55.4 Å². The summed E-state index contributed by atoms with van der Waals surface area (Å²) in [5.74, 6) is 0. The minimum absolute atomic E-state index is 0.601. The summed E-state index contributed by atoms with van der Waals surface area (Å²) < 4.78 is 44.3. The van der Waals surface area contributed by atoms with Gasteiger partial charge in [0.1, 0.15) is 0 Å². The normalized spacial score (nSPS) is 14.3. The highest BCUT2D eigenvalue weighted by Gasteiger charge is 2.51. The van der Waals surface area contributed by atoms with E-state index < -0.39 is 63.8 Å². The number of hydrogen-bond donors (Lipinski definition) is 0. The molecular weight excluding hydrogens is 573 g/mol. The van der Waals surface area contributed by atoms with Crippen molar-refractivity contribution in [2.45, 2.75) is 133 Å². The summed E-state index contributed by atoms with van der Waals surface area (Å²) in [7, 11) is -11.8. The number of rotatable bonds is 19. The lowest BCUT2D eigenvalue weighted by Crippen LogP contribution is -2.58. The summed E-state index contributed by atoms with van der Waals surface area (Å²) >= 11 is 0. The van der Waals surface area contributed by atoms with Gasteiger partial charge >= 0.3 is 17.9 Å². The summed E-state index contributed by atoms with van der Waals surface area (Å²) in [6.07, 6.45) is 1.12. The lowest BCUT2D eigenvalue weighted by molar-refractivity contribution is 0.114. The summed E-state index contributed by atoms with van der Waals surface area (Å²) in [4.78, 5) is 0. The summed E-state index contributed by atoms with van der Waals surface area (Å²) in [6, 6.07) is 2.76. The van der Waals surface area contributed by atoms with E-state index in [1.165, 1.54) is 0 Å². The van der Waals surface area contributed by atoms with Crippen LogP contribution < -0.4 is 0 Å². The van der Waals surface area contributed by atoms with Gasteiger partial charge in [-0.3, -0.25) is 0 Å². The van der Waals surface area contributed by atoms with Crippen molar-refractivity contribution in [2.24, 2.45) is 0 Å². The fraction of sp³-hybridized carbons (Fsp3) is 1.00. The van der Waals surface area contributed by atoms with Crippen LogP contribution in [0.3, 0.4) is 0 Å².